The van der Waals surface area contributed by atoms with E-state index in [1.807, 2.05) is 0 Å². The summed E-state index contributed by atoms with van der Waals surface area (Å²) >= 11 is 0. The van der Waals surface area contributed by atoms with Gasteiger partial charge in [-0.2, -0.15) is 34.9 Å². The SMILES string of the molecule is CCCCc1ccc(N2c3cc4ccccc4c4c3N(c3ccc(CCCC)cc3B4c3c(C)cc(C)cc3C)C3C=c4ccccc4=CC32)cc1.CCCCc1ccc(N2c3cc4ccccc4cc3N(c3ccc(CCCC)cc3)C3C=c4ccccc4=CC32)cc1.Cc1[c-]c(C)cc(C)c1.[Br-].[Mg+2]. The summed E-state index contributed by atoms with van der Waals surface area (Å²) in [6, 6.07) is 91.5. The fraction of sp³-hybridized carbons (Fsp3) is 0.265. The molecule has 7 heteroatoms. The van der Waals surface area contributed by atoms with Gasteiger partial charge in [0.2, 0.25) is 6.71 Å². The molecular weight excluding hydrogens is 1350 g/mol. The molecule has 5 aliphatic rings. The molecule has 3 heterocycles. The van der Waals surface area contributed by atoms with E-state index in [0.717, 1.165) is 25.7 Å². The number of halogens is 1. The number of aryl methyl sites for hydroxylation is 10. The van der Waals surface area contributed by atoms with Crippen molar-refractivity contribution in [3.63, 3.8) is 0 Å². The largest absolute Gasteiger partial charge is 2.00 e. The van der Waals surface area contributed by atoms with E-state index < -0.39 is 0 Å². The first-order valence-electron chi connectivity index (χ1n) is 38.6. The average molecular weight is 1450 g/mol. The Morgan fingerprint density at radius 2 is 0.686 bits per heavy atom. The second kappa shape index (κ2) is 32.9. The molecule has 105 heavy (non-hydrogen) atoms. The van der Waals surface area contributed by atoms with Crippen LogP contribution in [0.2, 0.25) is 0 Å². The summed E-state index contributed by atoms with van der Waals surface area (Å²) in [4.78, 5) is 10.6. The van der Waals surface area contributed by atoms with Gasteiger partial charge in [-0.05, 0) is 208 Å². The zero-order valence-electron chi connectivity index (χ0n) is 63.5. The van der Waals surface area contributed by atoms with E-state index in [-0.39, 0.29) is 70.9 Å². The fourth-order valence-electron chi connectivity index (χ4n) is 17.6. The topological polar surface area (TPSA) is 13.0 Å². The molecule has 4 unspecified atom stereocenters. The zero-order valence-corrected chi connectivity index (χ0v) is 66.5. The van der Waals surface area contributed by atoms with Crippen LogP contribution in [0.15, 0.2) is 231 Å². The molecule has 524 valence electrons. The number of nitrogens with zero attached hydrogens (tertiary/aromatic N) is 4. The molecule has 0 spiro atoms. The monoisotopic (exact) mass is 1450 g/mol. The Morgan fingerprint density at radius 1 is 0.333 bits per heavy atom. The number of hydrogen-bond donors (Lipinski definition) is 0. The van der Waals surface area contributed by atoms with E-state index >= 15 is 0 Å². The van der Waals surface area contributed by atoms with Gasteiger partial charge in [-0.15, -0.1) is 0 Å². The molecule has 0 bridgehead atoms. The van der Waals surface area contributed by atoms with Crippen molar-refractivity contribution in [2.45, 2.75) is 170 Å². The van der Waals surface area contributed by atoms with Gasteiger partial charge in [-0.3, -0.25) is 0 Å². The molecule has 0 radical (unpaired) electrons. The van der Waals surface area contributed by atoms with E-state index in [0.29, 0.717) is 0 Å². The third-order valence-corrected chi connectivity index (χ3v) is 22.4. The van der Waals surface area contributed by atoms with Crippen LogP contribution in [-0.2, 0) is 25.7 Å². The summed E-state index contributed by atoms with van der Waals surface area (Å²) in [5, 5.41) is 10.5. The van der Waals surface area contributed by atoms with Crippen LogP contribution in [0.25, 0.3) is 45.8 Å². The van der Waals surface area contributed by atoms with Crippen molar-refractivity contribution < 1.29 is 17.0 Å². The predicted molar refractivity (Wildman–Crippen MR) is 452 cm³/mol. The summed E-state index contributed by atoms with van der Waals surface area (Å²) in [7, 11) is 0. The van der Waals surface area contributed by atoms with Crippen LogP contribution in [0.3, 0.4) is 0 Å². The van der Waals surface area contributed by atoms with E-state index in [2.05, 4.69) is 350 Å². The number of rotatable bonds is 16. The van der Waals surface area contributed by atoms with E-state index in [1.54, 1.807) is 0 Å². The Labute approximate surface area is 652 Å². The van der Waals surface area contributed by atoms with Gasteiger partial charge in [0, 0.05) is 22.7 Å². The summed E-state index contributed by atoms with van der Waals surface area (Å²) in [6.07, 6.45) is 24.3. The second-order valence-corrected chi connectivity index (χ2v) is 30.0. The van der Waals surface area contributed by atoms with Gasteiger partial charge in [0.1, 0.15) is 0 Å². The Hall–Kier alpha value is -8.85. The van der Waals surface area contributed by atoms with Crippen molar-refractivity contribution in [2.24, 2.45) is 0 Å². The molecule has 3 aliphatic heterocycles. The molecule has 0 fully saturated rings. The molecule has 2 aliphatic carbocycles. The first kappa shape index (κ1) is 74.4. The maximum atomic E-state index is 3.21. The molecule has 12 aromatic rings. The molecule has 4 nitrogen and oxygen atoms in total. The van der Waals surface area contributed by atoms with E-state index in [4.69, 9.17) is 0 Å². The Balaban J connectivity index is 0.000000166. The van der Waals surface area contributed by atoms with Crippen LogP contribution in [0.1, 0.15) is 135 Å². The number of unbranched alkanes of at least 4 members (excludes halogenated alkanes) is 4. The van der Waals surface area contributed by atoms with Gasteiger partial charge in [0.25, 0.3) is 0 Å². The zero-order chi connectivity index (χ0) is 70.8. The molecule has 17 rings (SSSR count). The van der Waals surface area contributed by atoms with Gasteiger partial charge in [0.15, 0.2) is 0 Å². The summed E-state index contributed by atoms with van der Waals surface area (Å²) in [6.45, 7) is 22.4. The van der Waals surface area contributed by atoms with Gasteiger partial charge >= 0.3 is 23.1 Å². The predicted octanol–water partition coefficient (Wildman–Crippen LogP) is 16.4. The van der Waals surface area contributed by atoms with Crippen LogP contribution in [0, 0.1) is 47.6 Å². The van der Waals surface area contributed by atoms with Gasteiger partial charge in [-0.1, -0.05) is 278 Å². The smallest absolute Gasteiger partial charge is 1.00 e. The summed E-state index contributed by atoms with van der Waals surface area (Å²) in [5.74, 6) is 0. The molecule has 12 aromatic carbocycles. The minimum absolute atomic E-state index is 0. The van der Waals surface area contributed by atoms with Crippen LogP contribution >= 0.6 is 0 Å². The minimum atomic E-state index is 0. The maximum absolute atomic E-state index is 3.21. The molecule has 0 saturated heterocycles. The molecule has 0 aromatic heterocycles. The third kappa shape index (κ3) is 15.1. The van der Waals surface area contributed by atoms with Crippen molar-refractivity contribution in [1.82, 2.24) is 0 Å². The second-order valence-electron chi connectivity index (χ2n) is 30.0. The van der Waals surface area contributed by atoms with E-state index in [9.17, 15) is 0 Å². The van der Waals surface area contributed by atoms with Crippen LogP contribution in [0.5, 0.6) is 0 Å². The summed E-state index contributed by atoms with van der Waals surface area (Å²) < 4.78 is 0. The first-order valence-corrected chi connectivity index (χ1v) is 38.6. The van der Waals surface area contributed by atoms with E-state index in [1.165, 1.54) is 211 Å². The number of anilines is 8. The molecule has 4 atom stereocenters. The Bertz CT molecular complexity index is 5170. The molecule has 0 saturated carbocycles. The van der Waals surface area contributed by atoms with Gasteiger partial charge in [-0.25, -0.2) is 0 Å². The maximum Gasteiger partial charge on any atom is 2.00 e. The number of fused-ring (bicyclic) bond motifs is 11. The van der Waals surface area contributed by atoms with Crippen LogP contribution in [0.4, 0.5) is 45.5 Å². The van der Waals surface area contributed by atoms with Crippen molar-refractivity contribution in [3.05, 3.63) is 313 Å². The molecule has 0 amide bonds. The van der Waals surface area contributed by atoms with Crippen molar-refractivity contribution in [1.29, 1.82) is 0 Å². The molecule has 0 N–H and O–H groups in total. The first-order chi connectivity index (χ1) is 50.4. The standard InChI is InChI=1S/C49H49BN2.C40H40N2.C9H11.BrH.Mg/c1-6-8-14-35-20-23-40(24-21-35)51-44-29-37-16-10-11-17-38(37)30-45(44)52-43-25-22-36(15-9-7-2)28-42(43)50(47-33(4)26-32(3)27-34(47)5)48-41-19-13-12-18-39(41)31-46(51)49(48)52;1-3-5-11-29-17-21-35(22-18-29)41-37-25-31-13-7-9-15-33(31)27-39(37)42(36-23-19-30(20-24-36)12-6-4-2)40-28-34-16-10-8-14-32(34)26-38(40)41;1-7-4-8(2)6-9(3)5-7;;/h10-13,16-31,44-45H,6-9,14-15H2,1-5H3;7-10,13-28,37,39H,3-6,11-12H2,1-2H3;4-5H,1-3H3;1H;/q;;-1;;+2/p-1. The Kier molecular flexibility index (Phi) is 23.3. The van der Waals surface area contributed by atoms with Crippen molar-refractivity contribution in [3.8, 4) is 0 Å². The van der Waals surface area contributed by atoms with Crippen molar-refractivity contribution >= 4 is 138 Å². The normalized spacial score (nSPS) is 16.0. The summed E-state index contributed by atoms with van der Waals surface area (Å²) in [5.41, 5.74) is 28.2. The average Bonchev–Trinajstić information content (AvgIpc) is 0.694. The fourth-order valence-corrected chi connectivity index (χ4v) is 17.6. The van der Waals surface area contributed by atoms with Crippen LogP contribution < -0.4 is 73.8 Å². The van der Waals surface area contributed by atoms with Gasteiger partial charge < -0.3 is 36.6 Å². The quantitative estimate of drug-likeness (QED) is 0.0706. The molecular formula is C98H100BBrMgN4. The van der Waals surface area contributed by atoms with Gasteiger partial charge in [0.05, 0.1) is 46.9 Å². The number of hydrogen-bond acceptors (Lipinski definition) is 4. The van der Waals surface area contributed by atoms with Crippen LogP contribution in [-0.4, -0.2) is 53.9 Å². The van der Waals surface area contributed by atoms with Crippen molar-refractivity contribution in [2.75, 3.05) is 19.6 Å². The third-order valence-electron chi connectivity index (χ3n) is 22.4. The Morgan fingerprint density at radius 3 is 1.10 bits per heavy atom. The number of benzene rings is 12. The minimum Gasteiger partial charge on any atom is -1.00 e.